The molecule has 0 radical (unpaired) electrons. The van der Waals surface area contributed by atoms with Crippen LogP contribution in [0.3, 0.4) is 0 Å². The van der Waals surface area contributed by atoms with Gasteiger partial charge in [-0.25, -0.2) is 9.37 Å². The molecule has 0 spiro atoms. The Morgan fingerprint density at radius 2 is 1.97 bits per heavy atom. The lowest BCUT2D eigenvalue weighted by Gasteiger charge is -2.25. The number of carbonyl (C=O) groups is 1. The summed E-state index contributed by atoms with van der Waals surface area (Å²) in [7, 11) is 1.59. The summed E-state index contributed by atoms with van der Waals surface area (Å²) < 4.78 is 26.0. The number of nitrogens with zero attached hydrogens (tertiary/aromatic N) is 5. The molecule has 0 bridgehead atoms. The largest absolute Gasteiger partial charge is 0.493 e. The average molecular weight is 474 g/mol. The highest BCUT2D eigenvalue weighted by atomic mass is 19.1. The summed E-state index contributed by atoms with van der Waals surface area (Å²) in [5.41, 5.74) is 3.70. The van der Waals surface area contributed by atoms with Gasteiger partial charge in [0.2, 0.25) is 5.91 Å². The monoisotopic (exact) mass is 474 g/mol. The van der Waals surface area contributed by atoms with E-state index in [9.17, 15) is 9.18 Å². The van der Waals surface area contributed by atoms with Crippen LogP contribution in [0.25, 0.3) is 17.2 Å². The number of anilines is 1. The van der Waals surface area contributed by atoms with Gasteiger partial charge < -0.3 is 14.8 Å². The third-order valence-corrected chi connectivity index (χ3v) is 5.87. The molecule has 3 heterocycles. The SMILES string of the molecule is CCOc1cc([C@H]2CC(=O)Nc3c2c(C)nn3-c2nncc(-c3ccc(F)cc3)n2)ccc1OC. The molecule has 9 nitrogen and oxygen atoms in total. The second-order valence-corrected chi connectivity index (χ2v) is 8.06. The fourth-order valence-electron chi connectivity index (χ4n) is 4.30. The number of fused-ring (bicyclic) bond motifs is 1. The first-order valence-electron chi connectivity index (χ1n) is 11.1. The number of halogens is 1. The zero-order valence-electron chi connectivity index (χ0n) is 19.4. The zero-order chi connectivity index (χ0) is 24.5. The number of carbonyl (C=O) groups excluding carboxylic acids is 1. The molecule has 0 fully saturated rings. The number of ether oxygens (including phenoxy) is 2. The number of hydrogen-bond donors (Lipinski definition) is 1. The first-order chi connectivity index (χ1) is 17.0. The van der Waals surface area contributed by atoms with Crippen molar-refractivity contribution in [3.05, 3.63) is 71.3 Å². The van der Waals surface area contributed by atoms with E-state index in [1.165, 1.54) is 23.0 Å². The molecule has 1 N–H and O–H groups in total. The van der Waals surface area contributed by atoms with Crippen molar-refractivity contribution in [3.8, 4) is 28.7 Å². The highest BCUT2D eigenvalue weighted by Gasteiger charge is 2.33. The van der Waals surface area contributed by atoms with Gasteiger partial charge in [-0.3, -0.25) is 4.79 Å². The van der Waals surface area contributed by atoms with E-state index in [-0.39, 0.29) is 30.0 Å². The van der Waals surface area contributed by atoms with Gasteiger partial charge in [-0.15, -0.1) is 5.10 Å². The average Bonchev–Trinajstić information content (AvgIpc) is 3.20. The third-order valence-electron chi connectivity index (χ3n) is 5.87. The summed E-state index contributed by atoms with van der Waals surface area (Å²) in [6.07, 6.45) is 1.75. The number of rotatable bonds is 6. The van der Waals surface area contributed by atoms with Crippen LogP contribution in [0.15, 0.2) is 48.7 Å². The van der Waals surface area contributed by atoms with Gasteiger partial charge in [0.15, 0.2) is 11.5 Å². The van der Waals surface area contributed by atoms with E-state index in [0.717, 1.165) is 16.8 Å². The highest BCUT2D eigenvalue weighted by molar-refractivity contribution is 5.95. The lowest BCUT2D eigenvalue weighted by molar-refractivity contribution is -0.116. The number of aryl methyl sites for hydroxylation is 1. The van der Waals surface area contributed by atoms with Crippen molar-refractivity contribution in [2.24, 2.45) is 0 Å². The van der Waals surface area contributed by atoms with E-state index in [4.69, 9.17) is 9.47 Å². The van der Waals surface area contributed by atoms with E-state index >= 15 is 0 Å². The Kier molecular flexibility index (Phi) is 5.86. The smallest absolute Gasteiger partial charge is 0.272 e. The number of benzene rings is 2. The van der Waals surface area contributed by atoms with E-state index in [2.05, 4.69) is 25.6 Å². The normalized spacial score (nSPS) is 14.9. The quantitative estimate of drug-likeness (QED) is 0.450. The molecule has 2 aromatic carbocycles. The first kappa shape index (κ1) is 22.5. The maximum atomic E-state index is 13.3. The number of aromatic nitrogens is 5. The summed E-state index contributed by atoms with van der Waals surface area (Å²) >= 11 is 0. The Labute approximate surface area is 200 Å². The zero-order valence-corrected chi connectivity index (χ0v) is 19.4. The fourth-order valence-corrected chi connectivity index (χ4v) is 4.30. The van der Waals surface area contributed by atoms with Gasteiger partial charge in [-0.05, 0) is 55.8 Å². The molecule has 1 aliphatic heterocycles. The van der Waals surface area contributed by atoms with Gasteiger partial charge in [0, 0.05) is 23.5 Å². The van der Waals surface area contributed by atoms with Crippen LogP contribution in [0, 0.1) is 12.7 Å². The van der Waals surface area contributed by atoms with Crippen molar-refractivity contribution in [2.45, 2.75) is 26.2 Å². The molecule has 0 saturated carbocycles. The molecule has 0 saturated heterocycles. The molecule has 1 atom stereocenters. The van der Waals surface area contributed by atoms with E-state index in [1.807, 2.05) is 32.0 Å². The Balaban J connectivity index is 1.58. The van der Waals surface area contributed by atoms with Gasteiger partial charge >= 0.3 is 0 Å². The van der Waals surface area contributed by atoms with Crippen LogP contribution in [0.4, 0.5) is 10.2 Å². The molecule has 0 aliphatic carbocycles. The Morgan fingerprint density at radius 3 is 2.71 bits per heavy atom. The maximum absolute atomic E-state index is 13.3. The van der Waals surface area contributed by atoms with Crippen molar-refractivity contribution >= 4 is 11.7 Å². The molecule has 5 rings (SSSR count). The lowest BCUT2D eigenvalue weighted by Crippen LogP contribution is -2.25. The van der Waals surface area contributed by atoms with Gasteiger partial charge in [0.25, 0.3) is 5.95 Å². The topological polar surface area (TPSA) is 104 Å². The number of amides is 1. The first-order valence-corrected chi connectivity index (χ1v) is 11.1. The minimum absolute atomic E-state index is 0.153. The van der Waals surface area contributed by atoms with Gasteiger partial charge in [-0.1, -0.05) is 6.07 Å². The fraction of sp³-hybridized carbons (Fsp3) is 0.240. The molecule has 4 aromatic rings. The van der Waals surface area contributed by atoms with Crippen molar-refractivity contribution in [1.29, 1.82) is 0 Å². The van der Waals surface area contributed by atoms with Crippen LogP contribution in [0.1, 0.15) is 36.1 Å². The van der Waals surface area contributed by atoms with Gasteiger partial charge in [0.05, 0.1) is 31.3 Å². The van der Waals surface area contributed by atoms with Crippen LogP contribution in [-0.2, 0) is 4.79 Å². The molecule has 2 aromatic heterocycles. The second kappa shape index (κ2) is 9.13. The summed E-state index contributed by atoms with van der Waals surface area (Å²) in [4.78, 5) is 17.3. The van der Waals surface area contributed by atoms with Crippen molar-refractivity contribution in [1.82, 2.24) is 25.0 Å². The molecular formula is C25H23FN6O3. The van der Waals surface area contributed by atoms with Crippen LogP contribution in [0.5, 0.6) is 11.5 Å². The molecule has 1 amide bonds. The third kappa shape index (κ3) is 4.18. The summed E-state index contributed by atoms with van der Waals surface area (Å²) in [6, 6.07) is 11.6. The summed E-state index contributed by atoms with van der Waals surface area (Å²) in [6.45, 7) is 4.27. The predicted molar refractivity (Wildman–Crippen MR) is 126 cm³/mol. The van der Waals surface area contributed by atoms with Crippen molar-refractivity contribution < 1.29 is 18.7 Å². The molecule has 178 valence electrons. The predicted octanol–water partition coefficient (Wildman–Crippen LogP) is 4.05. The van der Waals surface area contributed by atoms with Crippen molar-refractivity contribution in [2.75, 3.05) is 19.0 Å². The van der Waals surface area contributed by atoms with Crippen LogP contribution in [0.2, 0.25) is 0 Å². The Hall–Kier alpha value is -4.34. The highest BCUT2D eigenvalue weighted by Crippen LogP contribution is 2.42. The van der Waals surface area contributed by atoms with Crippen LogP contribution < -0.4 is 14.8 Å². The van der Waals surface area contributed by atoms with Gasteiger partial charge in [-0.2, -0.15) is 14.9 Å². The maximum Gasteiger partial charge on any atom is 0.272 e. The summed E-state index contributed by atoms with van der Waals surface area (Å²) in [5, 5.41) is 15.8. The van der Waals surface area contributed by atoms with Crippen molar-refractivity contribution in [3.63, 3.8) is 0 Å². The number of nitrogens with one attached hydrogen (secondary N) is 1. The standard InChI is InChI=1S/C25H23FN6O3/c1-4-35-21-11-16(7-10-20(21)34-3)18-12-22(33)29-24-23(18)14(2)31-32(24)25-28-19(13-27-30-25)15-5-8-17(26)9-6-15/h5-11,13,18H,4,12H2,1-3H3,(H,29,33)/t18-/m1/s1. The van der Waals surface area contributed by atoms with E-state index in [0.29, 0.717) is 35.2 Å². The number of methoxy groups -OCH3 is 1. The Bertz CT molecular complexity index is 1400. The van der Waals surface area contributed by atoms with Gasteiger partial charge in [0.1, 0.15) is 11.6 Å². The number of hydrogen-bond acceptors (Lipinski definition) is 7. The molecule has 35 heavy (non-hydrogen) atoms. The molecule has 0 unspecified atom stereocenters. The van der Waals surface area contributed by atoms with E-state index < -0.39 is 0 Å². The minimum atomic E-state index is -0.340. The van der Waals surface area contributed by atoms with Crippen LogP contribution in [-0.4, -0.2) is 44.6 Å². The molecular weight excluding hydrogens is 451 g/mol. The minimum Gasteiger partial charge on any atom is -0.493 e. The lowest BCUT2D eigenvalue weighted by atomic mass is 9.85. The molecule has 1 aliphatic rings. The van der Waals surface area contributed by atoms with Crippen LogP contribution >= 0.6 is 0 Å². The van der Waals surface area contributed by atoms with E-state index in [1.54, 1.807) is 19.2 Å². The summed E-state index contributed by atoms with van der Waals surface area (Å²) in [5.74, 6) is 1.20. The second-order valence-electron chi connectivity index (χ2n) is 8.06. The molecule has 10 heteroatoms. The Morgan fingerprint density at radius 1 is 1.17 bits per heavy atom.